The molecule has 2 rings (SSSR count). The number of rotatable bonds is 1. The topological polar surface area (TPSA) is 58.6 Å². The van der Waals surface area contributed by atoms with Gasteiger partial charge in [-0.1, -0.05) is 0 Å². The number of carboxylic acid groups (broad SMARTS) is 1. The molecule has 14 heavy (non-hydrogen) atoms. The highest BCUT2D eigenvalue weighted by Gasteiger charge is 2.10. The Morgan fingerprint density at radius 1 is 1.50 bits per heavy atom. The highest BCUT2D eigenvalue weighted by atomic mass is 16.5. The lowest BCUT2D eigenvalue weighted by Gasteiger charge is -2.06. The van der Waals surface area contributed by atoms with Crippen LogP contribution in [0.15, 0.2) is 18.2 Å². The number of anilines is 1. The van der Waals surface area contributed by atoms with Gasteiger partial charge in [-0.25, -0.2) is 4.79 Å². The maximum absolute atomic E-state index is 10.7. The lowest BCUT2D eigenvalue weighted by Crippen LogP contribution is -2.04. The minimum absolute atomic E-state index is 0.302. The van der Waals surface area contributed by atoms with E-state index in [0.29, 0.717) is 18.8 Å². The summed E-state index contributed by atoms with van der Waals surface area (Å²) in [6, 6.07) is 5.03. The van der Waals surface area contributed by atoms with E-state index in [1.807, 2.05) is 0 Å². The molecule has 0 aliphatic carbocycles. The second-order valence-electron chi connectivity index (χ2n) is 3.16. The molecule has 0 bridgehead atoms. The van der Waals surface area contributed by atoms with Gasteiger partial charge in [0, 0.05) is 17.8 Å². The standard InChI is InChI=1S/C10H11NO3/c12-10(13)7-1-2-9-8(5-7)6-14-4-3-11-9/h1-2,5,11H,3-4,6H2,(H,12,13). The summed E-state index contributed by atoms with van der Waals surface area (Å²) in [5.74, 6) is -0.906. The molecule has 0 saturated carbocycles. The average Bonchev–Trinajstić information content (AvgIpc) is 2.41. The van der Waals surface area contributed by atoms with Gasteiger partial charge in [0.15, 0.2) is 0 Å². The van der Waals surface area contributed by atoms with Crippen LogP contribution in [0.2, 0.25) is 0 Å². The summed E-state index contributed by atoms with van der Waals surface area (Å²) < 4.78 is 5.30. The van der Waals surface area contributed by atoms with Crippen LogP contribution in [-0.4, -0.2) is 24.2 Å². The SMILES string of the molecule is O=C(O)c1ccc2c(c1)COCCN2. The molecule has 4 nitrogen and oxygen atoms in total. The van der Waals surface area contributed by atoms with Gasteiger partial charge in [0.05, 0.1) is 18.8 Å². The zero-order valence-corrected chi connectivity index (χ0v) is 7.62. The molecule has 1 aromatic rings. The summed E-state index contributed by atoms with van der Waals surface area (Å²) in [5, 5.41) is 12.0. The van der Waals surface area contributed by atoms with Crippen LogP contribution in [0.1, 0.15) is 15.9 Å². The van der Waals surface area contributed by atoms with Crippen LogP contribution in [0.5, 0.6) is 0 Å². The van der Waals surface area contributed by atoms with Crippen molar-refractivity contribution in [3.8, 4) is 0 Å². The minimum atomic E-state index is -0.906. The highest BCUT2D eigenvalue weighted by Crippen LogP contribution is 2.20. The van der Waals surface area contributed by atoms with Crippen molar-refractivity contribution < 1.29 is 14.6 Å². The first-order chi connectivity index (χ1) is 6.77. The summed E-state index contributed by atoms with van der Waals surface area (Å²) in [6.45, 7) is 1.89. The van der Waals surface area contributed by atoms with Crippen molar-refractivity contribution in [2.75, 3.05) is 18.5 Å². The summed E-state index contributed by atoms with van der Waals surface area (Å²) in [5.41, 5.74) is 2.17. The van der Waals surface area contributed by atoms with Gasteiger partial charge in [-0.2, -0.15) is 0 Å². The molecule has 0 atom stereocenters. The van der Waals surface area contributed by atoms with Gasteiger partial charge in [-0.15, -0.1) is 0 Å². The van der Waals surface area contributed by atoms with Gasteiger partial charge in [-0.3, -0.25) is 0 Å². The summed E-state index contributed by atoms with van der Waals surface area (Å²) in [7, 11) is 0. The fourth-order valence-corrected chi connectivity index (χ4v) is 1.46. The van der Waals surface area contributed by atoms with Crippen molar-refractivity contribution in [1.82, 2.24) is 0 Å². The molecule has 1 aromatic carbocycles. The third-order valence-corrected chi connectivity index (χ3v) is 2.17. The number of carboxylic acids is 1. The lowest BCUT2D eigenvalue weighted by molar-refractivity contribution is 0.0696. The largest absolute Gasteiger partial charge is 0.478 e. The summed E-state index contributed by atoms with van der Waals surface area (Å²) >= 11 is 0. The van der Waals surface area contributed by atoms with Crippen LogP contribution in [-0.2, 0) is 11.3 Å². The fourth-order valence-electron chi connectivity index (χ4n) is 1.46. The molecular formula is C10H11NO3. The first kappa shape index (κ1) is 9.02. The minimum Gasteiger partial charge on any atom is -0.478 e. The molecule has 4 heteroatoms. The van der Waals surface area contributed by atoms with Crippen molar-refractivity contribution in [1.29, 1.82) is 0 Å². The zero-order chi connectivity index (χ0) is 9.97. The molecule has 2 N–H and O–H groups in total. The number of ether oxygens (including phenoxy) is 1. The summed E-state index contributed by atoms with van der Waals surface area (Å²) in [4.78, 5) is 10.7. The normalized spacial score (nSPS) is 15.1. The van der Waals surface area contributed by atoms with E-state index >= 15 is 0 Å². The van der Waals surface area contributed by atoms with Gasteiger partial charge in [-0.05, 0) is 18.2 Å². The number of aromatic carboxylic acids is 1. The first-order valence-electron chi connectivity index (χ1n) is 4.45. The van der Waals surface area contributed by atoms with Gasteiger partial charge in [0.1, 0.15) is 0 Å². The molecule has 1 aliphatic heterocycles. The molecule has 0 spiro atoms. The fraction of sp³-hybridized carbons (Fsp3) is 0.300. The van der Waals surface area contributed by atoms with Crippen LogP contribution in [0, 0.1) is 0 Å². The first-order valence-corrected chi connectivity index (χ1v) is 4.45. The number of hydrogen-bond acceptors (Lipinski definition) is 3. The van der Waals surface area contributed by atoms with Crippen molar-refractivity contribution in [3.63, 3.8) is 0 Å². The van der Waals surface area contributed by atoms with E-state index in [4.69, 9.17) is 9.84 Å². The smallest absolute Gasteiger partial charge is 0.335 e. The molecule has 0 fully saturated rings. The maximum Gasteiger partial charge on any atom is 0.335 e. The van der Waals surface area contributed by atoms with Gasteiger partial charge in [0.2, 0.25) is 0 Å². The van der Waals surface area contributed by atoms with Crippen molar-refractivity contribution in [3.05, 3.63) is 29.3 Å². The van der Waals surface area contributed by atoms with Gasteiger partial charge < -0.3 is 15.2 Å². The van der Waals surface area contributed by atoms with Crippen molar-refractivity contribution >= 4 is 11.7 Å². The summed E-state index contributed by atoms with van der Waals surface area (Å²) in [6.07, 6.45) is 0. The van der Waals surface area contributed by atoms with Crippen LogP contribution < -0.4 is 5.32 Å². The Hall–Kier alpha value is -1.55. The van der Waals surface area contributed by atoms with E-state index in [2.05, 4.69) is 5.32 Å². The average molecular weight is 193 g/mol. The Morgan fingerprint density at radius 2 is 2.36 bits per heavy atom. The lowest BCUT2D eigenvalue weighted by atomic mass is 10.1. The monoisotopic (exact) mass is 193 g/mol. The number of hydrogen-bond donors (Lipinski definition) is 2. The van der Waals surface area contributed by atoms with E-state index in [9.17, 15) is 4.79 Å². The Labute approximate surface area is 81.5 Å². The Balaban J connectivity index is 2.37. The quantitative estimate of drug-likeness (QED) is 0.706. The molecule has 0 unspecified atom stereocenters. The Morgan fingerprint density at radius 3 is 3.14 bits per heavy atom. The predicted molar refractivity (Wildman–Crippen MR) is 51.5 cm³/mol. The molecule has 1 heterocycles. The van der Waals surface area contributed by atoms with Crippen LogP contribution in [0.4, 0.5) is 5.69 Å². The second-order valence-corrected chi connectivity index (χ2v) is 3.16. The molecule has 0 saturated heterocycles. The molecule has 1 aliphatic rings. The van der Waals surface area contributed by atoms with E-state index in [-0.39, 0.29) is 0 Å². The Bertz CT molecular complexity index is 362. The Kier molecular flexibility index (Phi) is 2.37. The number of fused-ring (bicyclic) bond motifs is 1. The molecule has 0 amide bonds. The van der Waals surface area contributed by atoms with Crippen molar-refractivity contribution in [2.24, 2.45) is 0 Å². The second kappa shape index (κ2) is 3.67. The zero-order valence-electron chi connectivity index (χ0n) is 7.62. The number of benzene rings is 1. The number of carbonyl (C=O) groups is 1. The van der Waals surface area contributed by atoms with Gasteiger partial charge in [0.25, 0.3) is 0 Å². The third kappa shape index (κ3) is 1.70. The van der Waals surface area contributed by atoms with E-state index in [1.54, 1.807) is 18.2 Å². The molecular weight excluding hydrogens is 182 g/mol. The van der Waals surface area contributed by atoms with E-state index < -0.39 is 5.97 Å². The van der Waals surface area contributed by atoms with Crippen molar-refractivity contribution in [2.45, 2.75) is 6.61 Å². The molecule has 0 radical (unpaired) electrons. The third-order valence-electron chi connectivity index (χ3n) is 2.17. The van der Waals surface area contributed by atoms with Gasteiger partial charge >= 0.3 is 5.97 Å². The van der Waals surface area contributed by atoms with Crippen LogP contribution in [0.3, 0.4) is 0 Å². The number of nitrogens with one attached hydrogen (secondary N) is 1. The predicted octanol–water partition coefficient (Wildman–Crippen LogP) is 1.33. The van der Waals surface area contributed by atoms with E-state index in [1.165, 1.54) is 0 Å². The van der Waals surface area contributed by atoms with Crippen LogP contribution in [0.25, 0.3) is 0 Å². The maximum atomic E-state index is 10.7. The highest BCUT2D eigenvalue weighted by molar-refractivity contribution is 5.88. The molecule has 74 valence electrons. The molecule has 0 aromatic heterocycles. The van der Waals surface area contributed by atoms with E-state index in [0.717, 1.165) is 17.8 Å². The van der Waals surface area contributed by atoms with Crippen LogP contribution >= 0.6 is 0 Å².